The SMILES string of the molecule is C[C@@H](O)COc1ccc(C(F)(F)F)cc1C(=O)N=c1sc(C(C)(C)C)cn1C[C@H]1CCCO1. The van der Waals surface area contributed by atoms with Crippen molar-refractivity contribution in [3.05, 3.63) is 45.2 Å². The lowest BCUT2D eigenvalue weighted by Gasteiger charge is -2.15. The fraction of sp³-hybridized carbons (Fsp3) is 0.565. The molecule has 1 aliphatic heterocycles. The van der Waals surface area contributed by atoms with E-state index in [-0.39, 0.29) is 29.4 Å². The lowest BCUT2D eigenvalue weighted by molar-refractivity contribution is -0.137. The number of thiazole rings is 1. The lowest BCUT2D eigenvalue weighted by atomic mass is 9.95. The monoisotopic (exact) mass is 486 g/mol. The number of rotatable bonds is 6. The number of hydrogen-bond donors (Lipinski definition) is 1. The van der Waals surface area contributed by atoms with Crippen LogP contribution in [0, 0.1) is 0 Å². The molecule has 0 unspecified atom stereocenters. The second-order valence-corrected chi connectivity index (χ2v) is 10.2. The van der Waals surface area contributed by atoms with Gasteiger partial charge in [-0.2, -0.15) is 18.2 Å². The molecule has 1 aliphatic rings. The van der Waals surface area contributed by atoms with Gasteiger partial charge >= 0.3 is 6.18 Å². The van der Waals surface area contributed by atoms with Crippen molar-refractivity contribution in [1.29, 1.82) is 0 Å². The summed E-state index contributed by atoms with van der Waals surface area (Å²) in [7, 11) is 0. The van der Waals surface area contributed by atoms with Crippen LogP contribution in [-0.2, 0) is 22.9 Å². The zero-order chi connectivity index (χ0) is 24.4. The largest absolute Gasteiger partial charge is 0.490 e. The Morgan fingerprint density at radius 2 is 2.09 bits per heavy atom. The first-order valence-electron chi connectivity index (χ1n) is 10.8. The van der Waals surface area contributed by atoms with Crippen LogP contribution in [0.5, 0.6) is 5.75 Å². The Labute approximate surface area is 194 Å². The van der Waals surface area contributed by atoms with Gasteiger partial charge in [0.15, 0.2) is 4.80 Å². The fourth-order valence-electron chi connectivity index (χ4n) is 3.31. The summed E-state index contributed by atoms with van der Waals surface area (Å²) in [6.45, 7) is 8.61. The highest BCUT2D eigenvalue weighted by molar-refractivity contribution is 7.09. The van der Waals surface area contributed by atoms with Gasteiger partial charge in [0.25, 0.3) is 5.91 Å². The van der Waals surface area contributed by atoms with E-state index in [2.05, 4.69) is 4.99 Å². The highest BCUT2D eigenvalue weighted by Gasteiger charge is 2.32. The Morgan fingerprint density at radius 3 is 2.67 bits per heavy atom. The number of halogens is 3. The Kier molecular flexibility index (Phi) is 7.70. The van der Waals surface area contributed by atoms with E-state index in [1.54, 1.807) is 0 Å². The van der Waals surface area contributed by atoms with Crippen LogP contribution in [0.15, 0.2) is 29.4 Å². The predicted molar refractivity (Wildman–Crippen MR) is 118 cm³/mol. The van der Waals surface area contributed by atoms with Gasteiger partial charge in [-0.3, -0.25) is 4.79 Å². The average molecular weight is 487 g/mol. The number of ether oxygens (including phenoxy) is 2. The fourth-order valence-corrected chi connectivity index (χ4v) is 4.37. The second kappa shape index (κ2) is 9.99. The summed E-state index contributed by atoms with van der Waals surface area (Å²) in [5.74, 6) is -0.902. The molecule has 33 heavy (non-hydrogen) atoms. The van der Waals surface area contributed by atoms with Gasteiger partial charge in [-0.05, 0) is 43.4 Å². The van der Waals surface area contributed by atoms with E-state index in [1.807, 2.05) is 31.5 Å². The summed E-state index contributed by atoms with van der Waals surface area (Å²) in [6.07, 6.45) is -1.70. The van der Waals surface area contributed by atoms with Crippen LogP contribution in [-0.4, -0.2) is 41.0 Å². The van der Waals surface area contributed by atoms with Crippen molar-refractivity contribution in [1.82, 2.24) is 4.57 Å². The summed E-state index contributed by atoms with van der Waals surface area (Å²) < 4.78 is 52.8. The molecule has 0 radical (unpaired) electrons. The van der Waals surface area contributed by atoms with E-state index < -0.39 is 23.8 Å². The van der Waals surface area contributed by atoms with E-state index in [4.69, 9.17) is 9.47 Å². The van der Waals surface area contributed by atoms with Crippen molar-refractivity contribution in [3.63, 3.8) is 0 Å². The number of nitrogens with zero attached hydrogens (tertiary/aromatic N) is 2. The molecule has 6 nitrogen and oxygen atoms in total. The van der Waals surface area contributed by atoms with Crippen molar-refractivity contribution in [2.24, 2.45) is 4.99 Å². The number of hydrogen-bond acceptors (Lipinski definition) is 5. The zero-order valence-electron chi connectivity index (χ0n) is 19.1. The number of aromatic nitrogens is 1. The summed E-state index contributed by atoms with van der Waals surface area (Å²) >= 11 is 1.32. The van der Waals surface area contributed by atoms with Gasteiger partial charge in [0, 0.05) is 17.7 Å². The number of carbonyl (C=O) groups is 1. The molecule has 2 atom stereocenters. The zero-order valence-corrected chi connectivity index (χ0v) is 19.9. The van der Waals surface area contributed by atoms with E-state index >= 15 is 0 Å². The van der Waals surface area contributed by atoms with Crippen LogP contribution < -0.4 is 9.54 Å². The van der Waals surface area contributed by atoms with Gasteiger partial charge in [0.05, 0.1) is 29.9 Å². The molecule has 2 aromatic rings. The highest BCUT2D eigenvalue weighted by Crippen LogP contribution is 2.33. The molecule has 1 N–H and O–H groups in total. The molecule has 3 rings (SSSR count). The normalized spacial score (nSPS) is 18.5. The molecule has 10 heteroatoms. The standard InChI is InChI=1S/C23H29F3N2O4S/c1-14(29)13-32-18-8-7-15(23(24,25)26)10-17(18)20(30)27-21-28(11-16-6-5-9-31-16)12-19(33-21)22(2,3)4/h7-8,10,12,14,16,29H,5-6,9,11,13H2,1-4H3/t14-,16-/m1/s1. The lowest BCUT2D eigenvalue weighted by Crippen LogP contribution is -2.24. The second-order valence-electron chi connectivity index (χ2n) is 9.20. The first-order chi connectivity index (χ1) is 15.3. The Balaban J connectivity index is 2.04. The third-order valence-corrected chi connectivity index (χ3v) is 6.54. The minimum absolute atomic E-state index is 0.0000335. The van der Waals surface area contributed by atoms with E-state index in [0.717, 1.165) is 35.9 Å². The number of aliphatic hydroxyl groups excluding tert-OH is 1. The van der Waals surface area contributed by atoms with Gasteiger partial charge in [-0.25, -0.2) is 0 Å². The summed E-state index contributed by atoms with van der Waals surface area (Å²) in [5.41, 5.74) is -1.47. The molecule has 1 aromatic heterocycles. The number of benzene rings is 1. The van der Waals surface area contributed by atoms with Gasteiger partial charge in [-0.15, -0.1) is 11.3 Å². The van der Waals surface area contributed by atoms with Crippen molar-refractivity contribution in [3.8, 4) is 5.75 Å². The molecule has 0 bridgehead atoms. The molecule has 182 valence electrons. The Hall–Kier alpha value is -2.17. The molecule has 1 saturated heterocycles. The molecule has 0 spiro atoms. The average Bonchev–Trinajstić information content (AvgIpc) is 3.36. The summed E-state index contributed by atoms with van der Waals surface area (Å²) in [6, 6.07) is 2.67. The maximum Gasteiger partial charge on any atom is 0.416 e. The van der Waals surface area contributed by atoms with Crippen molar-refractivity contribution < 1.29 is 32.5 Å². The Morgan fingerprint density at radius 1 is 1.36 bits per heavy atom. The molecular formula is C23H29F3N2O4S. The molecule has 1 fully saturated rings. The van der Waals surface area contributed by atoms with Gasteiger partial charge in [0.1, 0.15) is 12.4 Å². The van der Waals surface area contributed by atoms with E-state index in [1.165, 1.54) is 18.3 Å². The number of aliphatic hydroxyl groups is 1. The number of carbonyl (C=O) groups excluding carboxylic acids is 1. The quantitative estimate of drug-likeness (QED) is 0.651. The molecule has 2 heterocycles. The molecule has 0 saturated carbocycles. The molecular weight excluding hydrogens is 457 g/mol. The smallest absolute Gasteiger partial charge is 0.416 e. The number of amides is 1. The van der Waals surface area contributed by atoms with Crippen LogP contribution in [0.1, 0.15) is 61.3 Å². The van der Waals surface area contributed by atoms with Crippen LogP contribution in [0.4, 0.5) is 13.2 Å². The minimum atomic E-state index is -4.63. The predicted octanol–water partition coefficient (Wildman–Crippen LogP) is 4.55. The van der Waals surface area contributed by atoms with Crippen molar-refractivity contribution >= 4 is 17.2 Å². The van der Waals surface area contributed by atoms with Crippen molar-refractivity contribution in [2.45, 2.75) is 70.9 Å². The summed E-state index contributed by atoms with van der Waals surface area (Å²) in [5, 5.41) is 9.49. The van der Waals surface area contributed by atoms with Gasteiger partial charge in [0.2, 0.25) is 0 Å². The maximum absolute atomic E-state index is 13.3. The molecule has 0 aliphatic carbocycles. The van der Waals surface area contributed by atoms with E-state index in [0.29, 0.717) is 18.0 Å². The first-order valence-corrected chi connectivity index (χ1v) is 11.6. The van der Waals surface area contributed by atoms with Crippen LogP contribution in [0.25, 0.3) is 0 Å². The van der Waals surface area contributed by atoms with Crippen LogP contribution >= 0.6 is 11.3 Å². The van der Waals surface area contributed by atoms with Crippen LogP contribution in [0.3, 0.4) is 0 Å². The van der Waals surface area contributed by atoms with E-state index in [9.17, 15) is 23.1 Å². The highest BCUT2D eigenvalue weighted by atomic mass is 32.1. The third kappa shape index (κ3) is 6.68. The molecule has 1 aromatic carbocycles. The minimum Gasteiger partial charge on any atom is -0.490 e. The molecule has 1 amide bonds. The Bertz CT molecular complexity index is 1050. The number of alkyl halides is 3. The topological polar surface area (TPSA) is 73.0 Å². The summed E-state index contributed by atoms with van der Waals surface area (Å²) in [4.78, 5) is 18.7. The van der Waals surface area contributed by atoms with Gasteiger partial charge in [-0.1, -0.05) is 20.8 Å². The van der Waals surface area contributed by atoms with Crippen molar-refractivity contribution in [2.75, 3.05) is 13.2 Å². The maximum atomic E-state index is 13.3. The van der Waals surface area contributed by atoms with Gasteiger partial charge < -0.3 is 19.1 Å². The van der Waals surface area contributed by atoms with Crippen LogP contribution in [0.2, 0.25) is 0 Å². The third-order valence-electron chi connectivity index (χ3n) is 5.10. The first kappa shape index (κ1) is 25.5.